The number of rotatable bonds is 5. The summed E-state index contributed by atoms with van der Waals surface area (Å²) < 4.78 is 47.6. The van der Waals surface area contributed by atoms with Crippen molar-refractivity contribution in [2.24, 2.45) is 0 Å². The lowest BCUT2D eigenvalue weighted by molar-refractivity contribution is -0.137. The summed E-state index contributed by atoms with van der Waals surface area (Å²) in [6, 6.07) is 10.2. The summed E-state index contributed by atoms with van der Waals surface area (Å²) in [6.07, 6.45) is -5.60. The van der Waals surface area contributed by atoms with E-state index in [1.165, 1.54) is 26.2 Å². The highest BCUT2D eigenvalue weighted by molar-refractivity contribution is 5.97. The molecule has 0 bridgehead atoms. The minimum atomic E-state index is -4.46. The molecule has 0 saturated heterocycles. The number of nitrogens with one attached hydrogen (secondary N) is 1. The van der Waals surface area contributed by atoms with E-state index in [1.807, 2.05) is 0 Å². The van der Waals surface area contributed by atoms with Crippen LogP contribution >= 0.6 is 0 Å². The molecule has 1 amide bonds. The number of esters is 1. The summed E-state index contributed by atoms with van der Waals surface area (Å²) in [5, 5.41) is 2.39. The molecule has 0 unspecified atom stereocenters. The molecule has 0 radical (unpaired) electrons. The second kappa shape index (κ2) is 7.90. The van der Waals surface area contributed by atoms with Crippen molar-refractivity contribution in [1.29, 1.82) is 0 Å². The molecule has 2 aromatic rings. The zero-order chi connectivity index (χ0) is 19.3. The van der Waals surface area contributed by atoms with E-state index < -0.39 is 29.7 Å². The number of benzene rings is 2. The van der Waals surface area contributed by atoms with E-state index in [-0.39, 0.29) is 11.3 Å². The van der Waals surface area contributed by atoms with Gasteiger partial charge in [-0.3, -0.25) is 4.79 Å². The quantitative estimate of drug-likeness (QED) is 0.814. The third-order valence-electron chi connectivity index (χ3n) is 3.44. The fraction of sp³-hybridized carbons (Fsp3) is 0.222. The van der Waals surface area contributed by atoms with Crippen molar-refractivity contribution in [3.05, 3.63) is 59.7 Å². The number of carbonyl (C=O) groups is 2. The molecular formula is C18H16F3NO4. The van der Waals surface area contributed by atoms with Crippen molar-refractivity contribution in [2.75, 3.05) is 12.4 Å². The summed E-state index contributed by atoms with van der Waals surface area (Å²) in [4.78, 5) is 24.1. The van der Waals surface area contributed by atoms with Gasteiger partial charge in [0.25, 0.3) is 5.91 Å². The van der Waals surface area contributed by atoms with Crippen molar-refractivity contribution in [2.45, 2.75) is 19.2 Å². The van der Waals surface area contributed by atoms with Crippen molar-refractivity contribution in [1.82, 2.24) is 0 Å². The average Bonchev–Trinajstić information content (AvgIpc) is 2.61. The molecule has 5 nitrogen and oxygen atoms in total. The number of ether oxygens (including phenoxy) is 2. The van der Waals surface area contributed by atoms with Crippen molar-refractivity contribution >= 4 is 17.6 Å². The van der Waals surface area contributed by atoms with Crippen molar-refractivity contribution < 1.29 is 32.2 Å². The minimum absolute atomic E-state index is 0.160. The molecule has 2 rings (SSSR count). The van der Waals surface area contributed by atoms with E-state index in [1.54, 1.807) is 12.1 Å². The normalized spacial score (nSPS) is 12.2. The maximum Gasteiger partial charge on any atom is 0.416 e. The van der Waals surface area contributed by atoms with Gasteiger partial charge in [0.1, 0.15) is 5.75 Å². The number of alkyl halides is 3. The molecule has 0 heterocycles. The maximum absolute atomic E-state index is 12.5. The molecule has 0 spiro atoms. The van der Waals surface area contributed by atoms with E-state index in [2.05, 4.69) is 5.32 Å². The first-order chi connectivity index (χ1) is 12.2. The molecular weight excluding hydrogens is 351 g/mol. The highest BCUT2D eigenvalue weighted by Gasteiger charge is 2.30. The van der Waals surface area contributed by atoms with Gasteiger partial charge in [-0.25, -0.2) is 4.79 Å². The Hall–Kier alpha value is -3.03. The molecule has 8 heteroatoms. The van der Waals surface area contributed by atoms with Crippen LogP contribution < -0.4 is 10.1 Å². The van der Waals surface area contributed by atoms with Crippen molar-refractivity contribution in [3.8, 4) is 5.75 Å². The molecule has 1 atom stereocenters. The Morgan fingerprint density at radius 3 is 2.31 bits per heavy atom. The molecule has 0 fully saturated rings. The third-order valence-corrected chi connectivity index (χ3v) is 3.44. The van der Waals surface area contributed by atoms with Crippen molar-refractivity contribution in [3.63, 3.8) is 0 Å². The SMILES string of the molecule is COc1cccc(C(=O)O[C@H](C)C(=O)Nc2ccc(C(F)(F)F)cc2)c1. The van der Waals surface area contributed by atoms with E-state index in [0.717, 1.165) is 24.3 Å². The van der Waals surface area contributed by atoms with Gasteiger partial charge in [-0.15, -0.1) is 0 Å². The first-order valence-corrected chi connectivity index (χ1v) is 7.54. The van der Waals surface area contributed by atoms with Crippen LogP contribution in [0.1, 0.15) is 22.8 Å². The van der Waals surface area contributed by atoms with Crippen LogP contribution in [0.4, 0.5) is 18.9 Å². The summed E-state index contributed by atoms with van der Waals surface area (Å²) in [5.74, 6) is -0.929. The van der Waals surface area contributed by atoms with Gasteiger partial charge in [-0.1, -0.05) is 6.07 Å². The predicted octanol–water partition coefficient (Wildman–Crippen LogP) is 3.90. The fourth-order valence-electron chi connectivity index (χ4n) is 2.02. The Kier molecular flexibility index (Phi) is 5.86. The second-order valence-electron chi connectivity index (χ2n) is 5.34. The van der Waals surface area contributed by atoms with Crippen LogP contribution in [0.5, 0.6) is 5.75 Å². The Morgan fingerprint density at radius 1 is 1.08 bits per heavy atom. The molecule has 1 N–H and O–H groups in total. The second-order valence-corrected chi connectivity index (χ2v) is 5.34. The smallest absolute Gasteiger partial charge is 0.416 e. The molecule has 138 valence electrons. The first kappa shape index (κ1) is 19.3. The molecule has 0 aliphatic rings. The van der Waals surface area contributed by atoms with Crippen LogP contribution in [0.15, 0.2) is 48.5 Å². The number of halogens is 3. The highest BCUT2D eigenvalue weighted by Crippen LogP contribution is 2.29. The summed E-state index contributed by atoms with van der Waals surface area (Å²) in [5.41, 5.74) is -0.459. The fourth-order valence-corrected chi connectivity index (χ4v) is 2.02. The van der Waals surface area contributed by atoms with Gasteiger partial charge in [0.2, 0.25) is 0 Å². The van der Waals surface area contributed by atoms with Crippen LogP contribution in [-0.2, 0) is 15.7 Å². The maximum atomic E-state index is 12.5. The summed E-state index contributed by atoms with van der Waals surface area (Å²) in [7, 11) is 1.45. The van der Waals surface area contributed by atoms with E-state index in [4.69, 9.17) is 9.47 Å². The largest absolute Gasteiger partial charge is 0.497 e. The number of methoxy groups -OCH3 is 1. The van der Waals surface area contributed by atoms with Gasteiger partial charge in [0.05, 0.1) is 18.2 Å². The van der Waals surface area contributed by atoms with Crippen LogP contribution in [-0.4, -0.2) is 25.1 Å². The molecule has 0 aromatic heterocycles. The monoisotopic (exact) mass is 367 g/mol. The van der Waals surface area contributed by atoms with Gasteiger partial charge < -0.3 is 14.8 Å². The molecule has 2 aromatic carbocycles. The Bertz CT molecular complexity index is 788. The van der Waals surface area contributed by atoms with Crippen LogP contribution in [0.2, 0.25) is 0 Å². The Labute approximate surface area is 147 Å². The van der Waals surface area contributed by atoms with Crippen LogP contribution in [0, 0.1) is 0 Å². The summed E-state index contributed by atoms with van der Waals surface area (Å²) in [6.45, 7) is 1.36. The zero-order valence-corrected chi connectivity index (χ0v) is 14.0. The molecule has 0 aliphatic heterocycles. The van der Waals surface area contributed by atoms with Crippen LogP contribution in [0.25, 0.3) is 0 Å². The third kappa shape index (κ3) is 4.98. The van der Waals surface area contributed by atoms with E-state index in [9.17, 15) is 22.8 Å². The Morgan fingerprint density at radius 2 is 1.73 bits per heavy atom. The molecule has 26 heavy (non-hydrogen) atoms. The molecule has 0 saturated carbocycles. The van der Waals surface area contributed by atoms with Gasteiger partial charge in [0.15, 0.2) is 6.10 Å². The highest BCUT2D eigenvalue weighted by atomic mass is 19.4. The zero-order valence-electron chi connectivity index (χ0n) is 14.0. The molecule has 0 aliphatic carbocycles. The standard InChI is InChI=1S/C18H16F3NO4/c1-11(26-17(24)12-4-3-5-15(10-12)25-2)16(23)22-14-8-6-13(7-9-14)18(19,20)21/h3-11H,1-2H3,(H,22,23)/t11-/m1/s1. The minimum Gasteiger partial charge on any atom is -0.497 e. The number of amides is 1. The number of hydrogen-bond donors (Lipinski definition) is 1. The lowest BCUT2D eigenvalue weighted by Gasteiger charge is -2.14. The topological polar surface area (TPSA) is 64.6 Å². The lowest BCUT2D eigenvalue weighted by atomic mass is 10.2. The first-order valence-electron chi connectivity index (χ1n) is 7.54. The van der Waals surface area contributed by atoms with Gasteiger partial charge in [-0.2, -0.15) is 13.2 Å². The number of anilines is 1. The van der Waals surface area contributed by atoms with Crippen LogP contribution in [0.3, 0.4) is 0 Å². The average molecular weight is 367 g/mol. The van der Waals surface area contributed by atoms with Gasteiger partial charge in [0, 0.05) is 5.69 Å². The van der Waals surface area contributed by atoms with Gasteiger partial charge >= 0.3 is 12.1 Å². The predicted molar refractivity (Wildman–Crippen MR) is 87.9 cm³/mol. The number of hydrogen-bond acceptors (Lipinski definition) is 4. The summed E-state index contributed by atoms with van der Waals surface area (Å²) >= 11 is 0. The number of carbonyl (C=O) groups excluding carboxylic acids is 2. The lowest BCUT2D eigenvalue weighted by Crippen LogP contribution is -2.30. The van der Waals surface area contributed by atoms with E-state index >= 15 is 0 Å². The van der Waals surface area contributed by atoms with E-state index in [0.29, 0.717) is 5.75 Å². The van der Waals surface area contributed by atoms with Gasteiger partial charge in [-0.05, 0) is 49.4 Å². The Balaban J connectivity index is 1.97.